The number of ether oxygens (including phenoxy) is 1. The average Bonchev–Trinajstić information content (AvgIpc) is 3.20. The predicted molar refractivity (Wildman–Crippen MR) is 124 cm³/mol. The number of aryl methyl sites for hydroxylation is 1. The van der Waals surface area contributed by atoms with Gasteiger partial charge in [0.05, 0.1) is 6.54 Å². The lowest BCUT2D eigenvalue weighted by Crippen LogP contribution is -2.33. The fourth-order valence-electron chi connectivity index (χ4n) is 3.29. The molecule has 8 nitrogen and oxygen atoms in total. The minimum Gasteiger partial charge on any atom is -0.481 e. The highest BCUT2D eigenvalue weighted by molar-refractivity contribution is 6.30. The van der Waals surface area contributed by atoms with E-state index < -0.39 is 11.5 Å². The van der Waals surface area contributed by atoms with Gasteiger partial charge < -0.3 is 14.6 Å². The van der Waals surface area contributed by atoms with E-state index in [2.05, 4.69) is 10.3 Å². The summed E-state index contributed by atoms with van der Waals surface area (Å²) >= 11 is 5.87. The lowest BCUT2D eigenvalue weighted by molar-refractivity contribution is -0.117. The Morgan fingerprint density at radius 2 is 1.76 bits per heavy atom. The van der Waals surface area contributed by atoms with Crippen molar-refractivity contribution in [2.45, 2.75) is 13.0 Å². The first kappa shape index (κ1) is 22.3. The lowest BCUT2D eigenvalue weighted by Gasteiger charge is -2.11. The molecule has 168 valence electrons. The third kappa shape index (κ3) is 5.12. The maximum absolute atomic E-state index is 13.0. The number of rotatable bonds is 8. The second kappa shape index (κ2) is 9.70. The molecule has 0 aliphatic carbocycles. The summed E-state index contributed by atoms with van der Waals surface area (Å²) in [4.78, 5) is 42.6. The summed E-state index contributed by atoms with van der Waals surface area (Å²) in [6.07, 6.45) is 3.35. The summed E-state index contributed by atoms with van der Waals surface area (Å²) in [7, 11) is 1.71. The van der Waals surface area contributed by atoms with Crippen LogP contribution < -0.4 is 15.6 Å². The van der Waals surface area contributed by atoms with Gasteiger partial charge in [-0.25, -0.2) is 9.38 Å². The molecule has 0 aliphatic heterocycles. The molecule has 2 heterocycles. The largest absolute Gasteiger partial charge is 0.481 e. The van der Waals surface area contributed by atoms with Crippen molar-refractivity contribution in [2.75, 3.05) is 6.54 Å². The zero-order valence-electron chi connectivity index (χ0n) is 17.8. The number of ketones is 1. The fourth-order valence-corrected chi connectivity index (χ4v) is 3.42. The number of Topliss-reactive ketones (excluding diaryl/α,β-unsaturated/α-hetero) is 1. The van der Waals surface area contributed by atoms with Crippen LogP contribution in [0.3, 0.4) is 0 Å². The van der Waals surface area contributed by atoms with Crippen molar-refractivity contribution in [1.82, 2.24) is 19.3 Å². The summed E-state index contributed by atoms with van der Waals surface area (Å²) in [5, 5.41) is 3.14. The second-order valence-corrected chi connectivity index (χ2v) is 7.91. The molecule has 0 unspecified atom stereocenters. The summed E-state index contributed by atoms with van der Waals surface area (Å²) in [5.41, 5.74) is 0.942. The number of fused-ring (bicyclic) bond motifs is 1. The number of halogens is 1. The van der Waals surface area contributed by atoms with Gasteiger partial charge in [-0.1, -0.05) is 54.1 Å². The van der Waals surface area contributed by atoms with Crippen molar-refractivity contribution >= 4 is 29.1 Å². The Hall–Kier alpha value is -3.91. The van der Waals surface area contributed by atoms with Gasteiger partial charge in [-0.2, -0.15) is 0 Å². The fraction of sp³-hybridized carbons (Fsp3) is 0.167. The first-order valence-electron chi connectivity index (χ1n) is 10.2. The second-order valence-electron chi connectivity index (χ2n) is 7.47. The third-order valence-electron chi connectivity index (χ3n) is 5.01. The molecule has 4 aromatic rings. The molecule has 2 aromatic carbocycles. The molecule has 9 heteroatoms. The van der Waals surface area contributed by atoms with Gasteiger partial charge >= 0.3 is 5.56 Å². The van der Waals surface area contributed by atoms with Gasteiger partial charge in [0.25, 0.3) is 5.91 Å². The molecule has 33 heavy (non-hydrogen) atoms. The molecule has 1 N–H and O–H groups in total. The Kier molecular flexibility index (Phi) is 6.55. The molecule has 0 atom stereocenters. The van der Waals surface area contributed by atoms with Crippen LogP contribution in [-0.4, -0.2) is 32.2 Å². The highest BCUT2D eigenvalue weighted by atomic mass is 35.5. The number of imidazole rings is 1. The number of benzene rings is 2. The summed E-state index contributed by atoms with van der Waals surface area (Å²) in [5.74, 6) is -0.757. The van der Waals surface area contributed by atoms with Crippen molar-refractivity contribution in [2.24, 2.45) is 7.05 Å². The number of hydrogen-bond acceptors (Lipinski definition) is 5. The quantitative estimate of drug-likeness (QED) is 0.432. The summed E-state index contributed by atoms with van der Waals surface area (Å²) in [6.45, 7) is -0.125. The minimum absolute atomic E-state index is 0.0897. The van der Waals surface area contributed by atoms with Crippen molar-refractivity contribution in [3.63, 3.8) is 0 Å². The van der Waals surface area contributed by atoms with Gasteiger partial charge in [0.2, 0.25) is 11.5 Å². The Morgan fingerprint density at radius 3 is 2.48 bits per heavy atom. The molecule has 0 saturated carbocycles. The van der Waals surface area contributed by atoms with Crippen molar-refractivity contribution in [1.29, 1.82) is 0 Å². The average molecular weight is 465 g/mol. The highest BCUT2D eigenvalue weighted by Gasteiger charge is 2.22. The normalized spacial score (nSPS) is 10.8. The molecule has 0 fully saturated rings. The van der Waals surface area contributed by atoms with Gasteiger partial charge in [-0.3, -0.25) is 14.4 Å². The van der Waals surface area contributed by atoms with Crippen LogP contribution in [0.4, 0.5) is 0 Å². The van der Waals surface area contributed by atoms with Gasteiger partial charge in [0.15, 0.2) is 11.5 Å². The van der Waals surface area contributed by atoms with E-state index >= 15 is 0 Å². The number of hydrogen-bond donors (Lipinski definition) is 1. The molecular weight excluding hydrogens is 444 g/mol. The van der Waals surface area contributed by atoms with Crippen LogP contribution in [0.25, 0.3) is 5.78 Å². The van der Waals surface area contributed by atoms with Gasteiger partial charge in [0, 0.05) is 30.9 Å². The summed E-state index contributed by atoms with van der Waals surface area (Å²) < 4.78 is 8.67. The predicted octanol–water partition coefficient (Wildman–Crippen LogP) is 2.81. The number of carbonyl (C=O) groups excluding carboxylic acids is 2. The Balaban J connectivity index is 1.54. The van der Waals surface area contributed by atoms with Crippen LogP contribution in [0, 0.1) is 0 Å². The molecular formula is C24H21ClN4O4. The first-order chi connectivity index (χ1) is 15.9. The first-order valence-corrected chi connectivity index (χ1v) is 10.6. The zero-order chi connectivity index (χ0) is 23.4. The minimum atomic E-state index is -0.664. The number of nitrogens with one attached hydrogen (secondary N) is 1. The molecule has 4 rings (SSSR count). The van der Waals surface area contributed by atoms with E-state index in [1.165, 1.54) is 4.40 Å². The maximum Gasteiger partial charge on any atom is 0.302 e. The number of aromatic nitrogens is 3. The number of nitrogens with zero attached hydrogens (tertiary/aromatic N) is 3. The zero-order valence-corrected chi connectivity index (χ0v) is 18.6. The van der Waals surface area contributed by atoms with Crippen LogP contribution in [0.2, 0.25) is 5.02 Å². The Morgan fingerprint density at radius 1 is 1.03 bits per heavy atom. The van der Waals surface area contributed by atoms with E-state index in [1.807, 2.05) is 30.3 Å². The standard InChI is InChI=1S/C24H21ClN4O4/c1-28-11-12-29-23(32)21(33-15-17-5-3-2-4-6-17)20(27-24(28)29)22(31)26-14-19(30)13-16-7-9-18(25)10-8-16/h2-12H,13-15H2,1H3,(H,26,31). The maximum atomic E-state index is 13.0. The molecule has 0 saturated heterocycles. The van der Waals surface area contributed by atoms with Crippen LogP contribution in [0.1, 0.15) is 21.6 Å². The van der Waals surface area contributed by atoms with E-state index in [1.54, 1.807) is 48.3 Å². The van der Waals surface area contributed by atoms with Gasteiger partial charge in [-0.05, 0) is 23.3 Å². The highest BCUT2D eigenvalue weighted by Crippen LogP contribution is 2.15. The molecule has 1 amide bonds. The van der Waals surface area contributed by atoms with E-state index in [0.29, 0.717) is 5.02 Å². The third-order valence-corrected chi connectivity index (χ3v) is 5.26. The Labute approximate surface area is 194 Å². The van der Waals surface area contributed by atoms with E-state index in [0.717, 1.165) is 11.1 Å². The summed E-state index contributed by atoms with van der Waals surface area (Å²) in [6, 6.07) is 16.2. The van der Waals surface area contributed by atoms with Crippen LogP contribution >= 0.6 is 11.6 Å². The number of carbonyl (C=O) groups is 2. The van der Waals surface area contributed by atoms with E-state index in [-0.39, 0.29) is 42.6 Å². The molecule has 0 spiro atoms. The van der Waals surface area contributed by atoms with Crippen LogP contribution in [0.15, 0.2) is 71.8 Å². The van der Waals surface area contributed by atoms with Gasteiger partial charge in [0.1, 0.15) is 6.61 Å². The topological polar surface area (TPSA) is 94.7 Å². The molecule has 2 aromatic heterocycles. The SMILES string of the molecule is Cn1ccn2c(=O)c(OCc3ccccc3)c(C(=O)NCC(=O)Cc3ccc(Cl)cc3)nc12. The Bertz CT molecular complexity index is 1360. The smallest absolute Gasteiger partial charge is 0.302 e. The van der Waals surface area contributed by atoms with Crippen molar-refractivity contribution < 1.29 is 14.3 Å². The van der Waals surface area contributed by atoms with Crippen LogP contribution in [-0.2, 0) is 24.9 Å². The monoisotopic (exact) mass is 464 g/mol. The van der Waals surface area contributed by atoms with E-state index in [9.17, 15) is 14.4 Å². The number of amides is 1. The van der Waals surface area contributed by atoms with E-state index in [4.69, 9.17) is 16.3 Å². The van der Waals surface area contributed by atoms with Crippen LogP contribution in [0.5, 0.6) is 5.75 Å². The molecule has 0 radical (unpaired) electrons. The van der Waals surface area contributed by atoms with Gasteiger partial charge in [-0.15, -0.1) is 0 Å². The molecule has 0 bridgehead atoms. The van der Waals surface area contributed by atoms with Crippen molar-refractivity contribution in [3.8, 4) is 5.75 Å². The lowest BCUT2D eigenvalue weighted by atomic mass is 10.1. The molecule has 0 aliphatic rings. The van der Waals surface area contributed by atoms with Crippen molar-refractivity contribution in [3.05, 3.63) is 99.2 Å².